The largest absolute Gasteiger partial charge is 0.573 e. The van der Waals surface area contributed by atoms with Crippen LogP contribution in [-0.2, 0) is 0 Å². The number of hydrogen-bond acceptors (Lipinski definition) is 9. The maximum atomic E-state index is 12.3. The molecule has 2 heterocycles. The molecule has 212 valence electrons. The Balaban J connectivity index is 1.24. The molecule has 0 spiro atoms. The van der Waals surface area contributed by atoms with Gasteiger partial charge < -0.3 is 29.7 Å². The lowest BCUT2D eigenvalue weighted by Gasteiger charge is -2.37. The van der Waals surface area contributed by atoms with Gasteiger partial charge in [0, 0.05) is 49.8 Å². The van der Waals surface area contributed by atoms with Crippen molar-refractivity contribution in [2.75, 3.05) is 44.8 Å². The second-order valence-corrected chi connectivity index (χ2v) is 9.72. The molecule has 2 N–H and O–H groups in total. The molecular formula is C26H32F3N5O5. The van der Waals surface area contributed by atoms with Crippen molar-refractivity contribution in [1.29, 1.82) is 0 Å². The summed E-state index contributed by atoms with van der Waals surface area (Å²) in [5.41, 5.74) is 0.180. The highest BCUT2D eigenvalue weighted by atomic mass is 19.4. The van der Waals surface area contributed by atoms with E-state index in [1.54, 1.807) is 24.5 Å². The fourth-order valence-corrected chi connectivity index (χ4v) is 4.56. The number of piperidine rings is 1. The fraction of sp³-hybridized carbons (Fsp3) is 0.462. The van der Waals surface area contributed by atoms with Crippen molar-refractivity contribution in [3.63, 3.8) is 0 Å². The third kappa shape index (κ3) is 7.82. The molecule has 2 aliphatic heterocycles. The van der Waals surface area contributed by atoms with Crippen LogP contribution in [0.1, 0.15) is 19.8 Å². The molecule has 1 fully saturated rings. The Hall–Kier alpha value is -3.87. The number of nitrogens with zero attached hydrogens (tertiary/aromatic N) is 3. The number of alkyl halides is 3. The van der Waals surface area contributed by atoms with E-state index in [1.165, 1.54) is 24.3 Å². The van der Waals surface area contributed by atoms with Crippen LogP contribution in [0.25, 0.3) is 0 Å². The van der Waals surface area contributed by atoms with Gasteiger partial charge in [0.2, 0.25) is 0 Å². The van der Waals surface area contributed by atoms with E-state index < -0.39 is 16.9 Å². The SMILES string of the molecule is CN(CCOc1ccc(OC(F)(F)F)cc1)C1CCN(c2ccc(OCC3(C)NC=CN3)c([N+](=O)[O-])c2)CC1. The molecule has 2 aliphatic rings. The molecule has 0 aromatic heterocycles. The van der Waals surface area contributed by atoms with Crippen LogP contribution in [0.3, 0.4) is 0 Å². The molecule has 0 amide bonds. The molecule has 13 heteroatoms. The molecule has 39 heavy (non-hydrogen) atoms. The molecule has 10 nitrogen and oxygen atoms in total. The van der Waals surface area contributed by atoms with Crippen LogP contribution in [0.15, 0.2) is 54.9 Å². The number of rotatable bonds is 11. The van der Waals surface area contributed by atoms with Crippen LogP contribution < -0.4 is 29.7 Å². The first-order valence-electron chi connectivity index (χ1n) is 12.6. The van der Waals surface area contributed by atoms with Crippen molar-refractivity contribution in [3.05, 3.63) is 65.0 Å². The number of nitro benzene ring substituents is 1. The molecule has 2 aromatic carbocycles. The number of likely N-dealkylation sites (N-methyl/N-ethyl adjacent to an activating group) is 1. The van der Waals surface area contributed by atoms with Crippen molar-refractivity contribution in [2.45, 2.75) is 37.8 Å². The van der Waals surface area contributed by atoms with Gasteiger partial charge in [-0.05, 0) is 63.2 Å². The van der Waals surface area contributed by atoms with Crippen molar-refractivity contribution in [3.8, 4) is 17.2 Å². The third-order valence-electron chi connectivity index (χ3n) is 6.77. The Bertz CT molecular complexity index is 1150. The topological polar surface area (TPSA) is 101 Å². The Morgan fingerprint density at radius 3 is 2.33 bits per heavy atom. The number of halogens is 3. The van der Waals surface area contributed by atoms with Gasteiger partial charge in [0.15, 0.2) is 5.75 Å². The van der Waals surface area contributed by atoms with E-state index in [4.69, 9.17) is 9.47 Å². The summed E-state index contributed by atoms with van der Waals surface area (Å²) in [6.07, 6.45) is 0.527. The molecule has 0 saturated carbocycles. The zero-order chi connectivity index (χ0) is 28.0. The second-order valence-electron chi connectivity index (χ2n) is 9.72. The van der Waals surface area contributed by atoms with E-state index in [2.05, 4.69) is 25.2 Å². The van der Waals surface area contributed by atoms with E-state index in [9.17, 15) is 23.3 Å². The van der Waals surface area contributed by atoms with E-state index in [0.717, 1.165) is 31.6 Å². The highest BCUT2D eigenvalue weighted by Crippen LogP contribution is 2.33. The van der Waals surface area contributed by atoms with Crippen LogP contribution >= 0.6 is 0 Å². The summed E-state index contributed by atoms with van der Waals surface area (Å²) in [7, 11) is 2.00. The number of nitrogens with one attached hydrogen (secondary N) is 2. The van der Waals surface area contributed by atoms with Gasteiger partial charge in [0.05, 0.1) is 4.92 Å². The lowest BCUT2D eigenvalue weighted by atomic mass is 10.0. The zero-order valence-corrected chi connectivity index (χ0v) is 21.7. The maximum absolute atomic E-state index is 12.3. The summed E-state index contributed by atoms with van der Waals surface area (Å²) >= 11 is 0. The van der Waals surface area contributed by atoms with Gasteiger partial charge in [0.25, 0.3) is 0 Å². The van der Waals surface area contributed by atoms with Crippen LogP contribution in [0.4, 0.5) is 24.5 Å². The molecule has 0 unspecified atom stereocenters. The van der Waals surface area contributed by atoms with E-state index >= 15 is 0 Å². The maximum Gasteiger partial charge on any atom is 0.573 e. The lowest BCUT2D eigenvalue weighted by Crippen LogP contribution is -2.50. The average Bonchev–Trinajstić information content (AvgIpc) is 3.34. The third-order valence-corrected chi connectivity index (χ3v) is 6.77. The Labute approximate surface area is 224 Å². The summed E-state index contributed by atoms with van der Waals surface area (Å²) in [5.74, 6) is 0.387. The molecule has 0 atom stereocenters. The number of hydrogen-bond donors (Lipinski definition) is 2. The minimum Gasteiger partial charge on any atom is -0.492 e. The van der Waals surface area contributed by atoms with Gasteiger partial charge in [-0.3, -0.25) is 15.0 Å². The van der Waals surface area contributed by atoms with E-state index in [1.807, 2.05) is 20.0 Å². The summed E-state index contributed by atoms with van der Waals surface area (Å²) in [4.78, 5) is 15.6. The minimum atomic E-state index is -4.73. The summed E-state index contributed by atoms with van der Waals surface area (Å²) in [6.45, 7) is 4.61. The molecule has 0 aliphatic carbocycles. The fourth-order valence-electron chi connectivity index (χ4n) is 4.56. The monoisotopic (exact) mass is 551 g/mol. The number of benzene rings is 2. The first kappa shape index (κ1) is 28.1. The van der Waals surface area contributed by atoms with Gasteiger partial charge in [-0.1, -0.05) is 0 Å². The smallest absolute Gasteiger partial charge is 0.492 e. The Morgan fingerprint density at radius 1 is 1.08 bits per heavy atom. The van der Waals surface area contributed by atoms with Crippen molar-refractivity contribution in [1.82, 2.24) is 15.5 Å². The van der Waals surface area contributed by atoms with Crippen LogP contribution in [0.5, 0.6) is 17.2 Å². The van der Waals surface area contributed by atoms with Crippen LogP contribution in [-0.4, -0.2) is 67.8 Å². The molecule has 0 radical (unpaired) electrons. The summed E-state index contributed by atoms with van der Waals surface area (Å²) in [6, 6.07) is 10.7. The number of anilines is 1. The Morgan fingerprint density at radius 2 is 1.72 bits per heavy atom. The molecule has 4 rings (SSSR count). The number of nitro groups is 1. The van der Waals surface area contributed by atoms with Gasteiger partial charge in [-0.2, -0.15) is 0 Å². The van der Waals surface area contributed by atoms with Gasteiger partial charge in [0.1, 0.15) is 30.4 Å². The molecule has 1 saturated heterocycles. The summed E-state index contributed by atoms with van der Waals surface area (Å²) in [5, 5.41) is 18.0. The van der Waals surface area contributed by atoms with Gasteiger partial charge in [-0.15, -0.1) is 13.2 Å². The minimum absolute atomic E-state index is 0.0727. The molecule has 2 aromatic rings. The second kappa shape index (κ2) is 11.9. The lowest BCUT2D eigenvalue weighted by molar-refractivity contribution is -0.385. The number of ether oxygens (including phenoxy) is 3. The van der Waals surface area contributed by atoms with E-state index in [0.29, 0.717) is 24.9 Å². The highest BCUT2D eigenvalue weighted by molar-refractivity contribution is 5.60. The van der Waals surface area contributed by atoms with Crippen LogP contribution in [0, 0.1) is 10.1 Å². The van der Waals surface area contributed by atoms with E-state index in [-0.39, 0.29) is 23.8 Å². The first-order chi connectivity index (χ1) is 18.5. The van der Waals surface area contributed by atoms with Crippen molar-refractivity contribution in [2.24, 2.45) is 0 Å². The normalized spacial score (nSPS) is 17.0. The quantitative estimate of drug-likeness (QED) is 0.314. The Kier molecular flexibility index (Phi) is 8.58. The standard InChI is InChI=1S/C26H32F3N5O5/c1-25(30-11-12-31-25)18-38-24-8-3-20(17-23(24)34(35)36)33-13-9-19(10-14-33)32(2)15-16-37-21-4-6-22(7-5-21)39-26(27,28)29/h3-8,11-12,17,19,30-31H,9-10,13-16,18H2,1-2H3. The van der Waals surface area contributed by atoms with Crippen molar-refractivity contribution < 1.29 is 32.3 Å². The van der Waals surface area contributed by atoms with Gasteiger partial charge >= 0.3 is 12.0 Å². The summed E-state index contributed by atoms with van der Waals surface area (Å²) < 4.78 is 52.2. The highest BCUT2D eigenvalue weighted by Gasteiger charge is 2.31. The average molecular weight is 552 g/mol. The molecular weight excluding hydrogens is 519 g/mol. The van der Waals surface area contributed by atoms with Crippen molar-refractivity contribution >= 4 is 11.4 Å². The predicted octanol–water partition coefficient (Wildman–Crippen LogP) is 4.23. The van der Waals surface area contributed by atoms with Crippen LogP contribution in [0.2, 0.25) is 0 Å². The van der Waals surface area contributed by atoms with Gasteiger partial charge in [-0.25, -0.2) is 0 Å². The predicted molar refractivity (Wildman–Crippen MR) is 139 cm³/mol. The first-order valence-corrected chi connectivity index (χ1v) is 12.6. The molecule has 0 bridgehead atoms. The zero-order valence-electron chi connectivity index (χ0n) is 21.7.